The maximum Gasteiger partial charge on any atom is 0.265 e. The highest BCUT2D eigenvalue weighted by Gasteiger charge is 2.21. The summed E-state index contributed by atoms with van der Waals surface area (Å²) in [5, 5.41) is 11.3. The molecule has 0 spiro atoms. The Morgan fingerprint density at radius 3 is 2.44 bits per heavy atom. The first kappa shape index (κ1) is 14.6. The van der Waals surface area contributed by atoms with Crippen LogP contribution in [0.4, 0.5) is 8.78 Å². The largest absolute Gasteiger partial charge is 0.385 e. The third-order valence-electron chi connectivity index (χ3n) is 2.70. The Labute approximate surface area is 105 Å². The summed E-state index contributed by atoms with van der Waals surface area (Å²) < 4.78 is 24.2. The summed E-state index contributed by atoms with van der Waals surface area (Å²) in [6, 6.07) is 9.11. The standard InChI is InChI=1S/C13H17F2NO2/c1-2-10(9-6-4-3-5-7-9)13(18)16-8-11(17)12(14)15/h3-7,10-12,17H,2,8H2,1H3,(H,16,18). The van der Waals surface area contributed by atoms with Gasteiger partial charge in [0.25, 0.3) is 6.43 Å². The van der Waals surface area contributed by atoms with Gasteiger partial charge < -0.3 is 10.4 Å². The first-order valence-corrected chi connectivity index (χ1v) is 5.85. The van der Waals surface area contributed by atoms with Crippen molar-refractivity contribution in [2.45, 2.75) is 31.8 Å². The maximum absolute atomic E-state index is 12.1. The Kier molecular flexibility index (Phi) is 5.71. The molecule has 0 aromatic heterocycles. The van der Waals surface area contributed by atoms with Gasteiger partial charge in [-0.25, -0.2) is 8.78 Å². The van der Waals surface area contributed by atoms with Crippen LogP contribution in [-0.4, -0.2) is 30.1 Å². The number of carbonyl (C=O) groups excluding carboxylic acids is 1. The maximum atomic E-state index is 12.1. The van der Waals surface area contributed by atoms with Crippen LogP contribution in [0.5, 0.6) is 0 Å². The molecule has 1 aromatic carbocycles. The summed E-state index contributed by atoms with van der Waals surface area (Å²) in [5.74, 6) is -0.723. The van der Waals surface area contributed by atoms with E-state index in [1.807, 2.05) is 37.3 Å². The molecule has 100 valence electrons. The fourth-order valence-corrected chi connectivity index (χ4v) is 1.68. The number of benzene rings is 1. The predicted octanol–water partition coefficient (Wildman–Crippen LogP) is 1.92. The number of rotatable bonds is 6. The van der Waals surface area contributed by atoms with E-state index >= 15 is 0 Å². The molecule has 1 rings (SSSR count). The van der Waals surface area contributed by atoms with Crippen LogP contribution in [0, 0.1) is 0 Å². The van der Waals surface area contributed by atoms with Gasteiger partial charge in [0.05, 0.1) is 5.92 Å². The average Bonchev–Trinajstić information content (AvgIpc) is 2.38. The normalized spacial score (nSPS) is 14.3. The van der Waals surface area contributed by atoms with E-state index in [9.17, 15) is 13.6 Å². The second-order valence-corrected chi connectivity index (χ2v) is 4.02. The topological polar surface area (TPSA) is 49.3 Å². The number of aliphatic hydroxyl groups is 1. The zero-order valence-electron chi connectivity index (χ0n) is 10.1. The van der Waals surface area contributed by atoms with Gasteiger partial charge in [0.1, 0.15) is 6.10 Å². The van der Waals surface area contributed by atoms with Crippen molar-refractivity contribution in [2.24, 2.45) is 0 Å². The monoisotopic (exact) mass is 257 g/mol. The molecule has 0 aliphatic heterocycles. The molecule has 0 radical (unpaired) electrons. The van der Waals surface area contributed by atoms with Crippen LogP contribution in [0.25, 0.3) is 0 Å². The van der Waals surface area contributed by atoms with Gasteiger partial charge in [-0.2, -0.15) is 0 Å². The van der Waals surface area contributed by atoms with Crippen molar-refractivity contribution >= 4 is 5.91 Å². The van der Waals surface area contributed by atoms with Crippen LogP contribution in [0.3, 0.4) is 0 Å². The summed E-state index contributed by atoms with van der Waals surface area (Å²) in [6.07, 6.45) is -4.09. The summed E-state index contributed by atoms with van der Waals surface area (Å²) >= 11 is 0. The van der Waals surface area contributed by atoms with E-state index in [-0.39, 0.29) is 11.8 Å². The number of aliphatic hydroxyl groups excluding tert-OH is 1. The molecule has 0 aliphatic rings. The highest BCUT2D eigenvalue weighted by atomic mass is 19.3. The van der Waals surface area contributed by atoms with E-state index in [2.05, 4.69) is 5.32 Å². The van der Waals surface area contributed by atoms with Crippen LogP contribution in [0.1, 0.15) is 24.8 Å². The quantitative estimate of drug-likeness (QED) is 0.818. The van der Waals surface area contributed by atoms with E-state index in [0.29, 0.717) is 6.42 Å². The summed E-state index contributed by atoms with van der Waals surface area (Å²) in [7, 11) is 0. The molecular formula is C13H17F2NO2. The zero-order valence-corrected chi connectivity index (χ0v) is 10.1. The SMILES string of the molecule is CCC(C(=O)NCC(O)C(F)F)c1ccccc1. The Balaban J connectivity index is 2.59. The zero-order chi connectivity index (χ0) is 13.5. The number of carbonyl (C=O) groups is 1. The molecule has 0 saturated carbocycles. The van der Waals surface area contributed by atoms with Crippen LogP contribution in [-0.2, 0) is 4.79 Å². The van der Waals surface area contributed by atoms with Gasteiger partial charge in [0.15, 0.2) is 0 Å². The van der Waals surface area contributed by atoms with Crippen molar-refractivity contribution in [3.8, 4) is 0 Å². The third kappa shape index (κ3) is 4.07. The molecule has 18 heavy (non-hydrogen) atoms. The molecule has 2 N–H and O–H groups in total. The Hall–Kier alpha value is -1.49. The lowest BCUT2D eigenvalue weighted by Gasteiger charge is -2.17. The average molecular weight is 257 g/mol. The molecule has 0 bridgehead atoms. The lowest BCUT2D eigenvalue weighted by Crippen LogP contribution is -2.38. The molecule has 5 heteroatoms. The second-order valence-electron chi connectivity index (χ2n) is 4.02. The van der Waals surface area contributed by atoms with E-state index in [0.717, 1.165) is 5.56 Å². The van der Waals surface area contributed by atoms with E-state index < -0.39 is 19.1 Å². The molecule has 0 heterocycles. The van der Waals surface area contributed by atoms with Gasteiger partial charge in [-0.15, -0.1) is 0 Å². The first-order valence-electron chi connectivity index (χ1n) is 5.85. The molecule has 2 unspecified atom stereocenters. The molecule has 3 nitrogen and oxygen atoms in total. The van der Waals surface area contributed by atoms with E-state index in [4.69, 9.17) is 5.11 Å². The fraction of sp³-hybridized carbons (Fsp3) is 0.462. The van der Waals surface area contributed by atoms with Gasteiger partial charge in [-0.3, -0.25) is 4.79 Å². The van der Waals surface area contributed by atoms with E-state index in [1.165, 1.54) is 0 Å². The van der Waals surface area contributed by atoms with Gasteiger partial charge in [-0.1, -0.05) is 37.3 Å². The number of halogens is 2. The van der Waals surface area contributed by atoms with Gasteiger partial charge in [0, 0.05) is 6.54 Å². The Bertz CT molecular complexity index is 371. The number of hydrogen-bond donors (Lipinski definition) is 2. The van der Waals surface area contributed by atoms with Gasteiger partial charge >= 0.3 is 0 Å². The van der Waals surface area contributed by atoms with Crippen LogP contribution in [0.15, 0.2) is 30.3 Å². The minimum absolute atomic E-state index is 0.344. The molecule has 0 aliphatic carbocycles. The minimum Gasteiger partial charge on any atom is -0.385 e. The van der Waals surface area contributed by atoms with E-state index in [1.54, 1.807) is 0 Å². The lowest BCUT2D eigenvalue weighted by molar-refractivity contribution is -0.123. The number of alkyl halides is 2. The van der Waals surface area contributed by atoms with Crippen LogP contribution in [0.2, 0.25) is 0 Å². The minimum atomic E-state index is -2.85. The number of hydrogen-bond acceptors (Lipinski definition) is 2. The summed E-state index contributed by atoms with van der Waals surface area (Å²) in [6.45, 7) is 1.42. The fourth-order valence-electron chi connectivity index (χ4n) is 1.68. The van der Waals surface area contributed by atoms with Gasteiger partial charge in [-0.05, 0) is 12.0 Å². The van der Waals surface area contributed by atoms with Crippen molar-refractivity contribution in [2.75, 3.05) is 6.54 Å². The molecule has 0 fully saturated rings. The van der Waals surface area contributed by atoms with Gasteiger partial charge in [0.2, 0.25) is 5.91 Å². The highest BCUT2D eigenvalue weighted by molar-refractivity contribution is 5.83. The molecular weight excluding hydrogens is 240 g/mol. The summed E-state index contributed by atoms with van der Waals surface area (Å²) in [4.78, 5) is 11.8. The Morgan fingerprint density at radius 2 is 1.94 bits per heavy atom. The molecule has 0 saturated heterocycles. The number of nitrogens with one attached hydrogen (secondary N) is 1. The molecule has 2 atom stereocenters. The predicted molar refractivity (Wildman–Crippen MR) is 64.5 cm³/mol. The van der Waals surface area contributed by atoms with Crippen molar-refractivity contribution in [1.29, 1.82) is 0 Å². The van der Waals surface area contributed by atoms with Crippen LogP contribution >= 0.6 is 0 Å². The second kappa shape index (κ2) is 7.06. The summed E-state index contributed by atoms with van der Waals surface area (Å²) in [5.41, 5.74) is 0.837. The third-order valence-corrected chi connectivity index (χ3v) is 2.70. The smallest absolute Gasteiger partial charge is 0.265 e. The van der Waals surface area contributed by atoms with Crippen molar-refractivity contribution in [3.05, 3.63) is 35.9 Å². The van der Waals surface area contributed by atoms with Crippen molar-refractivity contribution < 1.29 is 18.7 Å². The highest BCUT2D eigenvalue weighted by Crippen LogP contribution is 2.19. The lowest BCUT2D eigenvalue weighted by atomic mass is 9.95. The Morgan fingerprint density at radius 1 is 1.33 bits per heavy atom. The van der Waals surface area contributed by atoms with Crippen molar-refractivity contribution in [1.82, 2.24) is 5.32 Å². The van der Waals surface area contributed by atoms with Crippen molar-refractivity contribution in [3.63, 3.8) is 0 Å². The molecule has 1 amide bonds. The molecule has 1 aromatic rings. The van der Waals surface area contributed by atoms with Crippen LogP contribution < -0.4 is 5.32 Å². The number of amides is 1. The first-order chi connectivity index (χ1) is 8.56.